The summed E-state index contributed by atoms with van der Waals surface area (Å²) < 4.78 is 25.4. The maximum absolute atomic E-state index is 12.4. The Morgan fingerprint density at radius 3 is 2.43 bits per heavy atom. The van der Waals surface area contributed by atoms with Crippen LogP contribution in [-0.2, 0) is 14.8 Å². The molecule has 2 atom stereocenters. The third-order valence-corrected chi connectivity index (χ3v) is 5.13. The Kier molecular flexibility index (Phi) is 7.17. The van der Waals surface area contributed by atoms with Crippen LogP contribution >= 0.6 is 23.2 Å². The van der Waals surface area contributed by atoms with Crippen molar-refractivity contribution in [1.29, 1.82) is 0 Å². The number of amides is 1. The van der Waals surface area contributed by atoms with Crippen LogP contribution < -0.4 is 9.62 Å². The van der Waals surface area contributed by atoms with Crippen LogP contribution in [0.3, 0.4) is 0 Å². The molecule has 0 aliphatic carbocycles. The van der Waals surface area contributed by atoms with Gasteiger partial charge >= 0.3 is 0 Å². The van der Waals surface area contributed by atoms with Gasteiger partial charge in [-0.05, 0) is 38.5 Å². The predicted molar refractivity (Wildman–Crippen MR) is 95.8 cm³/mol. The van der Waals surface area contributed by atoms with Crippen molar-refractivity contribution >= 4 is 44.8 Å². The van der Waals surface area contributed by atoms with Crippen LogP contribution in [0.2, 0.25) is 10.0 Å². The molecule has 1 rings (SSSR count). The lowest BCUT2D eigenvalue weighted by Crippen LogP contribution is -2.50. The predicted octanol–water partition coefficient (Wildman–Crippen LogP) is 3.45. The number of carbonyl (C=O) groups is 1. The summed E-state index contributed by atoms with van der Waals surface area (Å²) in [5, 5.41) is 3.36. The van der Waals surface area contributed by atoms with Crippen LogP contribution in [-0.4, -0.2) is 32.7 Å². The van der Waals surface area contributed by atoms with E-state index < -0.39 is 16.1 Å². The highest BCUT2D eigenvalue weighted by molar-refractivity contribution is 7.92. The Bertz CT molecular complexity index is 665. The van der Waals surface area contributed by atoms with Crippen LogP contribution in [0.25, 0.3) is 0 Å². The summed E-state index contributed by atoms with van der Waals surface area (Å²) in [6.45, 7) is 5.41. The maximum atomic E-state index is 12.4. The lowest BCUT2D eigenvalue weighted by atomic mass is 10.2. The van der Waals surface area contributed by atoms with E-state index in [2.05, 4.69) is 5.32 Å². The zero-order valence-electron chi connectivity index (χ0n) is 13.6. The second-order valence-corrected chi connectivity index (χ2v) is 8.23. The number of anilines is 1. The first kappa shape index (κ1) is 20.1. The minimum Gasteiger partial charge on any atom is -0.352 e. The van der Waals surface area contributed by atoms with Gasteiger partial charge in [-0.1, -0.05) is 36.5 Å². The number of carbonyl (C=O) groups excluding carboxylic acids is 1. The molecule has 5 nitrogen and oxygen atoms in total. The van der Waals surface area contributed by atoms with Crippen LogP contribution in [0.15, 0.2) is 18.2 Å². The lowest BCUT2D eigenvalue weighted by Gasteiger charge is -2.30. The Morgan fingerprint density at radius 2 is 1.91 bits per heavy atom. The number of rotatable bonds is 7. The summed E-state index contributed by atoms with van der Waals surface area (Å²) in [4.78, 5) is 12.4. The van der Waals surface area contributed by atoms with E-state index in [1.54, 1.807) is 6.07 Å². The molecule has 1 aromatic rings. The molecule has 1 N–H and O–H groups in total. The smallest absolute Gasteiger partial charge is 0.243 e. The molecule has 23 heavy (non-hydrogen) atoms. The summed E-state index contributed by atoms with van der Waals surface area (Å²) >= 11 is 12.0. The van der Waals surface area contributed by atoms with Crippen molar-refractivity contribution in [2.45, 2.75) is 45.7 Å². The van der Waals surface area contributed by atoms with Crippen LogP contribution in [0.4, 0.5) is 5.69 Å². The minimum absolute atomic E-state index is 0.0359. The molecule has 0 unspecified atom stereocenters. The van der Waals surface area contributed by atoms with Gasteiger partial charge in [0.05, 0.1) is 17.0 Å². The van der Waals surface area contributed by atoms with Gasteiger partial charge in [-0.3, -0.25) is 9.10 Å². The van der Waals surface area contributed by atoms with E-state index in [9.17, 15) is 13.2 Å². The molecule has 1 amide bonds. The molecule has 0 fully saturated rings. The number of benzene rings is 1. The highest BCUT2D eigenvalue weighted by atomic mass is 35.5. The zero-order chi connectivity index (χ0) is 17.8. The first-order valence-electron chi connectivity index (χ1n) is 7.32. The average molecular weight is 381 g/mol. The molecular weight excluding hydrogens is 359 g/mol. The van der Waals surface area contributed by atoms with Gasteiger partial charge in [-0.15, -0.1) is 0 Å². The molecule has 1 aromatic carbocycles. The first-order chi connectivity index (χ1) is 10.6. The second kappa shape index (κ2) is 8.22. The quantitative estimate of drug-likeness (QED) is 0.787. The average Bonchev–Trinajstić information content (AvgIpc) is 2.41. The van der Waals surface area contributed by atoms with Gasteiger partial charge in [0.25, 0.3) is 0 Å². The van der Waals surface area contributed by atoms with Crippen molar-refractivity contribution < 1.29 is 13.2 Å². The summed E-state index contributed by atoms with van der Waals surface area (Å²) in [6, 6.07) is 3.51. The fourth-order valence-corrected chi connectivity index (χ4v) is 3.91. The fourth-order valence-electron chi connectivity index (χ4n) is 2.30. The maximum Gasteiger partial charge on any atom is 0.243 e. The van der Waals surface area contributed by atoms with Gasteiger partial charge in [0.15, 0.2) is 0 Å². The van der Waals surface area contributed by atoms with E-state index in [4.69, 9.17) is 23.2 Å². The SMILES string of the molecule is CCC[C@@H](C)NC(=O)[C@@H](C)N(c1cc(Cl)ccc1Cl)S(C)(=O)=O. The molecule has 0 spiro atoms. The molecule has 0 heterocycles. The van der Waals surface area contributed by atoms with E-state index in [0.717, 1.165) is 23.4 Å². The first-order valence-corrected chi connectivity index (χ1v) is 9.93. The summed E-state index contributed by atoms with van der Waals surface area (Å²) in [6.07, 6.45) is 2.77. The van der Waals surface area contributed by atoms with Crippen molar-refractivity contribution in [3.8, 4) is 0 Å². The largest absolute Gasteiger partial charge is 0.352 e. The highest BCUT2D eigenvalue weighted by Crippen LogP contribution is 2.32. The van der Waals surface area contributed by atoms with Crippen LogP contribution in [0.1, 0.15) is 33.6 Å². The molecule has 0 aromatic heterocycles. The topological polar surface area (TPSA) is 66.5 Å². The third-order valence-electron chi connectivity index (χ3n) is 3.34. The van der Waals surface area contributed by atoms with Crippen molar-refractivity contribution in [3.63, 3.8) is 0 Å². The molecular formula is C15H22Cl2N2O3S. The van der Waals surface area contributed by atoms with E-state index in [0.29, 0.717) is 5.02 Å². The molecule has 130 valence electrons. The molecule has 0 aliphatic heterocycles. The lowest BCUT2D eigenvalue weighted by molar-refractivity contribution is -0.122. The molecule has 8 heteroatoms. The van der Waals surface area contributed by atoms with Crippen LogP contribution in [0.5, 0.6) is 0 Å². The monoisotopic (exact) mass is 380 g/mol. The van der Waals surface area contributed by atoms with Crippen molar-refractivity contribution in [2.24, 2.45) is 0 Å². The Hall–Kier alpha value is -0.980. The summed E-state index contributed by atoms with van der Waals surface area (Å²) in [5.41, 5.74) is 0.187. The Labute approximate surface area is 148 Å². The van der Waals surface area contributed by atoms with Gasteiger partial charge in [0.1, 0.15) is 6.04 Å². The van der Waals surface area contributed by atoms with E-state index in [1.807, 2.05) is 13.8 Å². The van der Waals surface area contributed by atoms with Gasteiger partial charge in [0, 0.05) is 11.1 Å². The molecule has 0 bridgehead atoms. The molecule has 0 radical (unpaired) electrons. The highest BCUT2D eigenvalue weighted by Gasteiger charge is 2.31. The molecule has 0 saturated carbocycles. The van der Waals surface area contributed by atoms with Crippen molar-refractivity contribution in [3.05, 3.63) is 28.2 Å². The van der Waals surface area contributed by atoms with Gasteiger partial charge < -0.3 is 5.32 Å². The number of hydrogen-bond acceptors (Lipinski definition) is 3. The normalized spacial score (nSPS) is 14.2. The Morgan fingerprint density at radius 1 is 1.30 bits per heavy atom. The Balaban J connectivity index is 3.17. The summed E-state index contributed by atoms with van der Waals surface area (Å²) in [7, 11) is -3.72. The van der Waals surface area contributed by atoms with Gasteiger partial charge in [0.2, 0.25) is 15.9 Å². The second-order valence-electron chi connectivity index (χ2n) is 5.53. The molecule has 0 aliphatic rings. The minimum atomic E-state index is -3.72. The zero-order valence-corrected chi connectivity index (χ0v) is 16.0. The summed E-state index contributed by atoms with van der Waals surface area (Å²) in [5.74, 6) is -0.382. The third kappa shape index (κ3) is 5.55. The van der Waals surface area contributed by atoms with E-state index >= 15 is 0 Å². The number of hydrogen-bond donors (Lipinski definition) is 1. The number of sulfonamides is 1. The van der Waals surface area contributed by atoms with Crippen molar-refractivity contribution in [2.75, 3.05) is 10.6 Å². The fraction of sp³-hybridized carbons (Fsp3) is 0.533. The number of halogens is 2. The number of nitrogens with zero attached hydrogens (tertiary/aromatic N) is 1. The van der Waals surface area contributed by atoms with E-state index in [-0.39, 0.29) is 22.7 Å². The standard InChI is InChI=1S/C15H22Cl2N2O3S/c1-5-6-10(2)18-15(20)11(3)19(23(4,21)22)14-9-12(16)7-8-13(14)17/h7-11H,5-6H2,1-4H3,(H,18,20)/t10-,11-/m1/s1. The van der Waals surface area contributed by atoms with E-state index in [1.165, 1.54) is 19.1 Å². The van der Waals surface area contributed by atoms with Gasteiger partial charge in [-0.2, -0.15) is 0 Å². The number of nitrogens with one attached hydrogen (secondary N) is 1. The van der Waals surface area contributed by atoms with Gasteiger partial charge in [-0.25, -0.2) is 8.42 Å². The van der Waals surface area contributed by atoms with Crippen LogP contribution in [0, 0.1) is 0 Å². The van der Waals surface area contributed by atoms with Crippen molar-refractivity contribution in [1.82, 2.24) is 5.32 Å². The molecule has 0 saturated heterocycles.